The van der Waals surface area contributed by atoms with Gasteiger partial charge in [0.1, 0.15) is 0 Å². The van der Waals surface area contributed by atoms with Crippen molar-refractivity contribution in [3.8, 4) is 0 Å². The molecule has 1 aromatic carbocycles. The molecule has 0 saturated carbocycles. The minimum atomic E-state index is -0.0245. The predicted octanol–water partition coefficient (Wildman–Crippen LogP) is 2.02. The summed E-state index contributed by atoms with van der Waals surface area (Å²) < 4.78 is 11.2. The average molecular weight is 304 g/mol. The number of nitrogens with zero attached hydrogens (tertiary/aromatic N) is 1. The van der Waals surface area contributed by atoms with E-state index in [0.29, 0.717) is 25.7 Å². The molecule has 1 aromatic rings. The van der Waals surface area contributed by atoms with E-state index in [9.17, 15) is 4.79 Å². The fourth-order valence-electron chi connectivity index (χ4n) is 3.07. The van der Waals surface area contributed by atoms with E-state index in [1.807, 2.05) is 31.2 Å². The maximum Gasteiger partial charge on any atom is 0.238 e. The lowest BCUT2D eigenvalue weighted by atomic mass is 9.96. The van der Waals surface area contributed by atoms with E-state index in [-0.39, 0.29) is 12.2 Å². The predicted molar refractivity (Wildman–Crippen MR) is 84.7 cm³/mol. The number of hydrogen-bond acceptors (Lipinski definition) is 4. The largest absolute Gasteiger partial charge is 0.350 e. The van der Waals surface area contributed by atoms with Crippen molar-refractivity contribution in [2.75, 3.05) is 38.2 Å². The summed E-state index contributed by atoms with van der Waals surface area (Å²) >= 11 is 0. The van der Waals surface area contributed by atoms with Crippen LogP contribution in [0.25, 0.3) is 0 Å². The minimum Gasteiger partial charge on any atom is -0.350 e. The second-order valence-corrected chi connectivity index (χ2v) is 6.14. The molecule has 2 aliphatic rings. The molecule has 0 bridgehead atoms. The molecular weight excluding hydrogens is 280 g/mol. The van der Waals surface area contributed by atoms with Crippen LogP contribution in [0.3, 0.4) is 0 Å². The first-order valence-electron chi connectivity index (χ1n) is 8.03. The molecule has 120 valence electrons. The molecule has 3 rings (SSSR count). The highest BCUT2D eigenvalue weighted by Crippen LogP contribution is 2.25. The highest BCUT2D eigenvalue weighted by Gasteiger charge is 2.30. The van der Waals surface area contributed by atoms with Crippen molar-refractivity contribution in [2.45, 2.75) is 26.1 Å². The molecule has 2 aliphatic heterocycles. The van der Waals surface area contributed by atoms with Crippen molar-refractivity contribution in [1.29, 1.82) is 0 Å². The summed E-state index contributed by atoms with van der Waals surface area (Å²) in [6.07, 6.45) is 2.04. The Kier molecular flexibility index (Phi) is 5.08. The Morgan fingerprint density at radius 3 is 2.45 bits per heavy atom. The Labute approximate surface area is 131 Å². The molecule has 22 heavy (non-hydrogen) atoms. The van der Waals surface area contributed by atoms with Crippen LogP contribution in [0.2, 0.25) is 0 Å². The molecule has 2 fully saturated rings. The zero-order chi connectivity index (χ0) is 15.4. The number of hydrogen-bond donors (Lipinski definition) is 1. The molecule has 1 N–H and O–H groups in total. The number of carbonyl (C=O) groups is 1. The first-order chi connectivity index (χ1) is 10.7. The lowest BCUT2D eigenvalue weighted by molar-refractivity contribution is -0.119. The molecule has 2 heterocycles. The van der Waals surface area contributed by atoms with Crippen LogP contribution < -0.4 is 5.32 Å². The van der Waals surface area contributed by atoms with Gasteiger partial charge in [-0.3, -0.25) is 9.69 Å². The van der Waals surface area contributed by atoms with Crippen LogP contribution in [0.1, 0.15) is 18.4 Å². The monoisotopic (exact) mass is 304 g/mol. The number of rotatable bonds is 4. The molecule has 0 spiro atoms. The lowest BCUT2D eigenvalue weighted by Gasteiger charge is -2.33. The molecule has 5 nitrogen and oxygen atoms in total. The number of carbonyl (C=O) groups excluding carboxylic acids is 1. The lowest BCUT2D eigenvalue weighted by Crippen LogP contribution is -2.41. The molecule has 0 atom stereocenters. The van der Waals surface area contributed by atoms with Crippen molar-refractivity contribution in [3.05, 3.63) is 29.8 Å². The van der Waals surface area contributed by atoms with Crippen LogP contribution in [-0.4, -0.2) is 49.9 Å². The average Bonchev–Trinajstić information content (AvgIpc) is 3.05. The SMILES string of the molecule is Cc1ccc(NC(=O)CN2CCC(C3OCCO3)CC2)cc1. The molecule has 0 aliphatic carbocycles. The third-order valence-corrected chi connectivity index (χ3v) is 4.37. The first-order valence-corrected chi connectivity index (χ1v) is 8.03. The minimum absolute atomic E-state index is 0.0245. The highest BCUT2D eigenvalue weighted by atomic mass is 16.7. The number of ether oxygens (including phenoxy) is 2. The molecule has 0 aromatic heterocycles. The van der Waals surface area contributed by atoms with Crippen LogP contribution in [-0.2, 0) is 14.3 Å². The van der Waals surface area contributed by atoms with Gasteiger partial charge in [0.15, 0.2) is 6.29 Å². The number of anilines is 1. The summed E-state index contributed by atoms with van der Waals surface area (Å²) in [6, 6.07) is 7.88. The third-order valence-electron chi connectivity index (χ3n) is 4.37. The quantitative estimate of drug-likeness (QED) is 0.924. The van der Waals surface area contributed by atoms with Crippen molar-refractivity contribution < 1.29 is 14.3 Å². The van der Waals surface area contributed by atoms with Crippen LogP contribution in [0.5, 0.6) is 0 Å². The molecule has 1 amide bonds. The number of aryl methyl sites for hydroxylation is 1. The van der Waals surface area contributed by atoms with E-state index in [4.69, 9.17) is 9.47 Å². The van der Waals surface area contributed by atoms with E-state index in [1.54, 1.807) is 0 Å². The van der Waals surface area contributed by atoms with Gasteiger partial charge in [0.05, 0.1) is 19.8 Å². The zero-order valence-corrected chi connectivity index (χ0v) is 13.1. The molecular formula is C17H24N2O3. The maximum absolute atomic E-state index is 12.1. The first kappa shape index (κ1) is 15.5. The van der Waals surface area contributed by atoms with Gasteiger partial charge in [0.25, 0.3) is 0 Å². The van der Waals surface area contributed by atoms with Gasteiger partial charge in [-0.2, -0.15) is 0 Å². The van der Waals surface area contributed by atoms with Gasteiger partial charge in [-0.1, -0.05) is 17.7 Å². The van der Waals surface area contributed by atoms with E-state index < -0.39 is 0 Å². The Hall–Kier alpha value is -1.43. The van der Waals surface area contributed by atoms with E-state index in [1.165, 1.54) is 5.56 Å². The highest BCUT2D eigenvalue weighted by molar-refractivity contribution is 5.92. The van der Waals surface area contributed by atoms with E-state index in [2.05, 4.69) is 10.2 Å². The second-order valence-electron chi connectivity index (χ2n) is 6.14. The van der Waals surface area contributed by atoms with Crippen LogP contribution in [0.15, 0.2) is 24.3 Å². The fraction of sp³-hybridized carbons (Fsp3) is 0.588. The van der Waals surface area contributed by atoms with Crippen LogP contribution in [0.4, 0.5) is 5.69 Å². The Morgan fingerprint density at radius 1 is 1.18 bits per heavy atom. The maximum atomic E-state index is 12.1. The molecule has 0 radical (unpaired) electrons. The van der Waals surface area contributed by atoms with Crippen molar-refractivity contribution in [1.82, 2.24) is 4.90 Å². The Balaban J connectivity index is 1.42. The number of nitrogens with one attached hydrogen (secondary N) is 1. The molecule has 2 saturated heterocycles. The van der Waals surface area contributed by atoms with Crippen molar-refractivity contribution in [3.63, 3.8) is 0 Å². The molecule has 0 unspecified atom stereocenters. The van der Waals surface area contributed by atoms with Gasteiger partial charge in [0, 0.05) is 11.6 Å². The zero-order valence-electron chi connectivity index (χ0n) is 13.1. The second kappa shape index (κ2) is 7.22. The Morgan fingerprint density at radius 2 is 1.82 bits per heavy atom. The summed E-state index contributed by atoms with van der Waals surface area (Å²) in [5.41, 5.74) is 2.05. The van der Waals surface area contributed by atoms with Gasteiger partial charge in [-0.25, -0.2) is 0 Å². The summed E-state index contributed by atoms with van der Waals surface area (Å²) in [5.74, 6) is 0.523. The van der Waals surface area contributed by atoms with Gasteiger partial charge in [0.2, 0.25) is 5.91 Å². The summed E-state index contributed by atoms with van der Waals surface area (Å²) in [7, 11) is 0. The van der Waals surface area contributed by atoms with Gasteiger partial charge in [-0.15, -0.1) is 0 Å². The Bertz CT molecular complexity index is 489. The van der Waals surface area contributed by atoms with E-state index >= 15 is 0 Å². The summed E-state index contributed by atoms with van der Waals surface area (Å²) in [5, 5.41) is 2.95. The smallest absolute Gasteiger partial charge is 0.238 e. The van der Waals surface area contributed by atoms with Crippen LogP contribution in [0, 0.1) is 12.8 Å². The van der Waals surface area contributed by atoms with Crippen LogP contribution >= 0.6 is 0 Å². The van der Waals surface area contributed by atoms with Gasteiger partial charge >= 0.3 is 0 Å². The number of amides is 1. The third kappa shape index (κ3) is 4.06. The topological polar surface area (TPSA) is 50.8 Å². The number of piperidine rings is 1. The molecule has 5 heteroatoms. The van der Waals surface area contributed by atoms with E-state index in [0.717, 1.165) is 31.6 Å². The normalized spacial score (nSPS) is 21.1. The standard InChI is InChI=1S/C17H24N2O3/c1-13-2-4-15(5-3-13)18-16(20)12-19-8-6-14(7-9-19)17-21-10-11-22-17/h2-5,14,17H,6-12H2,1H3,(H,18,20). The van der Waals surface area contributed by atoms with Crippen molar-refractivity contribution in [2.24, 2.45) is 5.92 Å². The summed E-state index contributed by atoms with van der Waals surface area (Å²) in [4.78, 5) is 14.3. The number of likely N-dealkylation sites (tertiary alicyclic amines) is 1. The number of benzene rings is 1. The van der Waals surface area contributed by atoms with Gasteiger partial charge < -0.3 is 14.8 Å². The van der Waals surface area contributed by atoms with Crippen molar-refractivity contribution >= 4 is 11.6 Å². The fourth-order valence-corrected chi connectivity index (χ4v) is 3.07. The van der Waals surface area contributed by atoms with Gasteiger partial charge in [-0.05, 0) is 45.0 Å². The summed E-state index contributed by atoms with van der Waals surface area (Å²) in [6.45, 7) is 5.76.